The number of hydrogen-bond donors (Lipinski definition) is 0. The van der Waals surface area contributed by atoms with Gasteiger partial charge in [0.2, 0.25) is 5.90 Å². The Morgan fingerprint density at radius 2 is 1.66 bits per heavy atom. The fourth-order valence-electron chi connectivity index (χ4n) is 3.40. The van der Waals surface area contributed by atoms with E-state index in [-0.39, 0.29) is 11.6 Å². The van der Waals surface area contributed by atoms with Crippen LogP contribution in [0.2, 0.25) is 0 Å². The highest BCUT2D eigenvalue weighted by molar-refractivity contribution is 6.12. The number of nitrogens with zero attached hydrogens (tertiary/aromatic N) is 1. The molecule has 180 valence electrons. The Balaban J connectivity index is 1.27. The van der Waals surface area contributed by atoms with Gasteiger partial charge in [0.15, 0.2) is 17.2 Å². The quantitative estimate of drug-likeness (QED) is 0.226. The van der Waals surface area contributed by atoms with Gasteiger partial charge in [0.25, 0.3) is 0 Å². The molecule has 35 heavy (non-hydrogen) atoms. The van der Waals surface area contributed by atoms with Crippen molar-refractivity contribution in [1.29, 1.82) is 0 Å². The molecule has 1 aliphatic rings. The maximum Gasteiger partial charge on any atom is 0.363 e. The van der Waals surface area contributed by atoms with Crippen molar-refractivity contribution >= 4 is 17.9 Å². The first-order valence-corrected chi connectivity index (χ1v) is 11.3. The normalized spacial score (nSPS) is 13.9. The van der Waals surface area contributed by atoms with E-state index in [0.29, 0.717) is 37.9 Å². The zero-order valence-electron chi connectivity index (χ0n) is 19.7. The zero-order valence-corrected chi connectivity index (χ0v) is 19.7. The average molecular weight is 474 g/mol. The molecule has 0 bridgehead atoms. The molecule has 7 nitrogen and oxygen atoms in total. The number of methoxy groups -OCH3 is 1. The lowest BCUT2D eigenvalue weighted by molar-refractivity contribution is -0.129. The van der Waals surface area contributed by atoms with E-state index in [1.54, 1.807) is 25.3 Å². The third kappa shape index (κ3) is 6.71. The van der Waals surface area contributed by atoms with Gasteiger partial charge in [-0.3, -0.25) is 0 Å². The van der Waals surface area contributed by atoms with Crippen LogP contribution >= 0.6 is 0 Å². The van der Waals surface area contributed by atoms with Crippen LogP contribution in [0.1, 0.15) is 16.7 Å². The number of aryl methyl sites for hydroxylation is 1. The molecule has 0 atom stereocenters. The minimum Gasteiger partial charge on any atom is -0.493 e. The first-order valence-electron chi connectivity index (χ1n) is 11.3. The molecule has 0 fully saturated rings. The molecule has 0 saturated heterocycles. The summed E-state index contributed by atoms with van der Waals surface area (Å²) in [5, 5.41) is 0. The smallest absolute Gasteiger partial charge is 0.363 e. The molecule has 0 unspecified atom stereocenters. The van der Waals surface area contributed by atoms with Crippen molar-refractivity contribution in [1.82, 2.24) is 0 Å². The van der Waals surface area contributed by atoms with Gasteiger partial charge in [-0.05, 0) is 60.5 Å². The van der Waals surface area contributed by atoms with Crippen LogP contribution in [0.25, 0.3) is 6.08 Å². The molecule has 0 saturated carbocycles. The highest BCUT2D eigenvalue weighted by atomic mass is 16.6. The number of cyclic esters (lactones) is 1. The second kappa shape index (κ2) is 11.9. The SMILES string of the molecule is COc1cc(C=C2N=C(c3ccccc3)OC2=O)ccc1OCCOCCOc1cccc(C)c1. The van der Waals surface area contributed by atoms with Crippen molar-refractivity contribution in [3.8, 4) is 17.2 Å². The largest absolute Gasteiger partial charge is 0.493 e. The van der Waals surface area contributed by atoms with Gasteiger partial charge in [-0.2, -0.15) is 0 Å². The van der Waals surface area contributed by atoms with Crippen molar-refractivity contribution in [2.75, 3.05) is 33.5 Å². The number of carbonyl (C=O) groups is 1. The first kappa shape index (κ1) is 24.0. The average Bonchev–Trinajstić information content (AvgIpc) is 3.24. The number of carbonyl (C=O) groups excluding carboxylic acids is 1. The second-order valence-corrected chi connectivity index (χ2v) is 7.74. The van der Waals surface area contributed by atoms with Crippen molar-refractivity contribution in [2.45, 2.75) is 6.92 Å². The minimum atomic E-state index is -0.494. The summed E-state index contributed by atoms with van der Waals surface area (Å²) in [5.74, 6) is 1.75. The molecule has 0 radical (unpaired) electrons. The van der Waals surface area contributed by atoms with Gasteiger partial charge < -0.3 is 23.7 Å². The number of ether oxygens (including phenoxy) is 5. The summed E-state index contributed by atoms with van der Waals surface area (Å²) in [5.41, 5.74) is 2.86. The molecule has 0 N–H and O–H groups in total. The summed E-state index contributed by atoms with van der Waals surface area (Å²) in [7, 11) is 1.56. The third-order valence-electron chi connectivity index (χ3n) is 5.10. The Bertz CT molecular complexity index is 1220. The fourth-order valence-corrected chi connectivity index (χ4v) is 3.40. The lowest BCUT2D eigenvalue weighted by atomic mass is 10.1. The van der Waals surface area contributed by atoms with Crippen LogP contribution in [0, 0.1) is 6.92 Å². The third-order valence-corrected chi connectivity index (χ3v) is 5.10. The zero-order chi connectivity index (χ0) is 24.5. The summed E-state index contributed by atoms with van der Waals surface area (Å²) in [6.45, 7) is 3.72. The molecule has 4 rings (SSSR count). The van der Waals surface area contributed by atoms with Gasteiger partial charge in [-0.15, -0.1) is 0 Å². The molecular weight excluding hydrogens is 446 g/mol. The van der Waals surface area contributed by atoms with Crippen LogP contribution < -0.4 is 14.2 Å². The molecule has 0 spiro atoms. The molecule has 7 heteroatoms. The Morgan fingerprint density at radius 1 is 0.857 bits per heavy atom. The molecule has 3 aromatic carbocycles. The molecule has 1 aliphatic heterocycles. The Labute approximate surface area is 204 Å². The number of esters is 1. The van der Waals surface area contributed by atoms with Crippen LogP contribution in [0.5, 0.6) is 17.2 Å². The summed E-state index contributed by atoms with van der Waals surface area (Å²) < 4.78 is 27.8. The van der Waals surface area contributed by atoms with Crippen molar-refractivity contribution in [2.24, 2.45) is 4.99 Å². The van der Waals surface area contributed by atoms with Crippen LogP contribution in [0.3, 0.4) is 0 Å². The summed E-state index contributed by atoms with van der Waals surface area (Å²) >= 11 is 0. The van der Waals surface area contributed by atoms with Gasteiger partial charge in [0, 0.05) is 5.56 Å². The predicted octanol–water partition coefficient (Wildman–Crippen LogP) is 4.82. The van der Waals surface area contributed by atoms with Gasteiger partial charge >= 0.3 is 5.97 Å². The molecule has 0 aliphatic carbocycles. The lowest BCUT2D eigenvalue weighted by Crippen LogP contribution is -2.12. The van der Waals surface area contributed by atoms with Gasteiger partial charge in [-0.1, -0.05) is 36.4 Å². The van der Waals surface area contributed by atoms with E-state index in [9.17, 15) is 4.79 Å². The fraction of sp³-hybridized carbons (Fsp3) is 0.214. The molecule has 0 amide bonds. The number of benzene rings is 3. The van der Waals surface area contributed by atoms with Gasteiger partial charge in [0.05, 0.1) is 20.3 Å². The van der Waals surface area contributed by atoms with Gasteiger partial charge in [0.1, 0.15) is 19.0 Å². The van der Waals surface area contributed by atoms with Crippen LogP contribution in [-0.4, -0.2) is 45.4 Å². The predicted molar refractivity (Wildman–Crippen MR) is 133 cm³/mol. The van der Waals surface area contributed by atoms with Crippen LogP contribution in [0.15, 0.2) is 83.5 Å². The highest BCUT2D eigenvalue weighted by Crippen LogP contribution is 2.29. The van der Waals surface area contributed by atoms with E-state index in [0.717, 1.165) is 22.4 Å². The van der Waals surface area contributed by atoms with E-state index in [4.69, 9.17) is 23.7 Å². The molecule has 0 aromatic heterocycles. The standard InChI is InChI=1S/C28H27NO6/c1-20-7-6-10-23(17-20)33-15-13-32-14-16-34-25-12-11-21(19-26(25)31-2)18-24-28(30)35-27(29-24)22-8-4-3-5-9-22/h3-12,17-19H,13-16H2,1-2H3. The van der Waals surface area contributed by atoms with E-state index >= 15 is 0 Å². The first-order chi connectivity index (χ1) is 17.1. The number of rotatable bonds is 11. The summed E-state index contributed by atoms with van der Waals surface area (Å²) in [4.78, 5) is 16.6. The second-order valence-electron chi connectivity index (χ2n) is 7.74. The van der Waals surface area contributed by atoms with E-state index in [2.05, 4.69) is 4.99 Å². The Hall–Kier alpha value is -4.10. The van der Waals surface area contributed by atoms with E-state index in [1.807, 2.05) is 67.6 Å². The van der Waals surface area contributed by atoms with Crippen molar-refractivity contribution in [3.63, 3.8) is 0 Å². The Morgan fingerprint density at radius 3 is 2.43 bits per heavy atom. The van der Waals surface area contributed by atoms with E-state index < -0.39 is 5.97 Å². The molecule has 1 heterocycles. The maximum atomic E-state index is 12.2. The highest BCUT2D eigenvalue weighted by Gasteiger charge is 2.24. The topological polar surface area (TPSA) is 75.6 Å². The van der Waals surface area contributed by atoms with E-state index in [1.165, 1.54) is 0 Å². The molecular formula is C28H27NO6. The number of aliphatic imine (C=N–C) groups is 1. The van der Waals surface area contributed by atoms with Gasteiger partial charge in [-0.25, -0.2) is 9.79 Å². The van der Waals surface area contributed by atoms with Crippen molar-refractivity contribution < 1.29 is 28.5 Å². The summed E-state index contributed by atoms with van der Waals surface area (Å²) in [6, 6.07) is 22.6. The Kier molecular flexibility index (Phi) is 8.14. The summed E-state index contributed by atoms with van der Waals surface area (Å²) in [6.07, 6.45) is 1.65. The van der Waals surface area contributed by atoms with Crippen LogP contribution in [0.4, 0.5) is 0 Å². The monoisotopic (exact) mass is 473 g/mol. The lowest BCUT2D eigenvalue weighted by Gasteiger charge is -2.12. The van der Waals surface area contributed by atoms with Crippen molar-refractivity contribution in [3.05, 3.63) is 95.2 Å². The minimum absolute atomic E-state index is 0.223. The maximum absolute atomic E-state index is 12.2. The number of hydrogen-bond acceptors (Lipinski definition) is 7. The van der Waals surface area contributed by atoms with Crippen LogP contribution in [-0.2, 0) is 14.3 Å². The molecule has 3 aromatic rings.